The molecule has 0 aliphatic carbocycles. The van der Waals surface area contributed by atoms with Gasteiger partial charge in [0.2, 0.25) is 0 Å². The van der Waals surface area contributed by atoms with Crippen molar-refractivity contribution in [2.45, 2.75) is 26.5 Å². The van der Waals surface area contributed by atoms with Gasteiger partial charge in [0.15, 0.2) is 11.5 Å². The molecule has 37 heavy (non-hydrogen) atoms. The quantitative estimate of drug-likeness (QED) is 0.320. The molecule has 8 nitrogen and oxygen atoms in total. The molecule has 1 N–H and O–H groups in total. The van der Waals surface area contributed by atoms with Crippen molar-refractivity contribution in [3.05, 3.63) is 95.1 Å². The van der Waals surface area contributed by atoms with E-state index in [0.29, 0.717) is 41.6 Å². The van der Waals surface area contributed by atoms with Crippen molar-refractivity contribution in [2.75, 3.05) is 13.7 Å². The highest BCUT2D eigenvalue weighted by Gasteiger charge is 2.35. The highest BCUT2D eigenvalue weighted by molar-refractivity contribution is 6.30. The summed E-state index contributed by atoms with van der Waals surface area (Å²) in [4.78, 5) is 39.3. The van der Waals surface area contributed by atoms with Gasteiger partial charge in [0, 0.05) is 0 Å². The van der Waals surface area contributed by atoms with Gasteiger partial charge in [0.05, 0.1) is 20.3 Å². The molecule has 0 saturated carbocycles. The van der Waals surface area contributed by atoms with Crippen molar-refractivity contribution in [1.29, 1.82) is 0 Å². The second-order valence-electron chi connectivity index (χ2n) is 8.39. The third-order valence-corrected chi connectivity index (χ3v) is 5.63. The second-order valence-corrected chi connectivity index (χ2v) is 8.39. The van der Waals surface area contributed by atoms with Crippen LogP contribution >= 0.6 is 0 Å². The van der Waals surface area contributed by atoms with Gasteiger partial charge in [0.1, 0.15) is 17.9 Å². The lowest BCUT2D eigenvalue weighted by atomic mass is 10.1. The summed E-state index contributed by atoms with van der Waals surface area (Å²) >= 11 is 0. The number of carbonyl (C=O) groups excluding carboxylic acids is 3. The van der Waals surface area contributed by atoms with Gasteiger partial charge in [0.25, 0.3) is 11.8 Å². The maximum absolute atomic E-state index is 13.2. The first-order valence-corrected chi connectivity index (χ1v) is 11.9. The van der Waals surface area contributed by atoms with Crippen molar-refractivity contribution < 1.29 is 28.6 Å². The minimum Gasteiger partial charge on any atom is -0.493 e. The third kappa shape index (κ3) is 6.35. The smallest absolute Gasteiger partial charge is 0.331 e. The number of benzene rings is 3. The number of nitrogens with zero attached hydrogens (tertiary/aromatic N) is 1. The Morgan fingerprint density at radius 1 is 0.865 bits per heavy atom. The fourth-order valence-corrected chi connectivity index (χ4v) is 3.76. The summed E-state index contributed by atoms with van der Waals surface area (Å²) in [6, 6.07) is 21.2. The summed E-state index contributed by atoms with van der Waals surface area (Å²) in [5, 5.41) is 2.25. The van der Waals surface area contributed by atoms with E-state index in [-0.39, 0.29) is 12.1 Å². The molecule has 1 aliphatic heterocycles. The van der Waals surface area contributed by atoms with Crippen molar-refractivity contribution in [1.82, 2.24) is 10.2 Å². The van der Waals surface area contributed by atoms with Gasteiger partial charge >= 0.3 is 6.03 Å². The fourth-order valence-electron chi connectivity index (χ4n) is 3.76. The summed E-state index contributed by atoms with van der Waals surface area (Å²) in [6.07, 6.45) is 2.30. The van der Waals surface area contributed by atoms with Crippen LogP contribution in [0, 0.1) is 0 Å². The third-order valence-electron chi connectivity index (χ3n) is 5.63. The van der Waals surface area contributed by atoms with Crippen LogP contribution in [0.5, 0.6) is 17.2 Å². The highest BCUT2D eigenvalue weighted by atomic mass is 16.5. The summed E-state index contributed by atoms with van der Waals surface area (Å²) in [6.45, 7) is 2.88. The molecule has 4 amide bonds. The minimum absolute atomic E-state index is 0.0417. The van der Waals surface area contributed by atoms with Crippen LogP contribution in [0.2, 0.25) is 0 Å². The van der Waals surface area contributed by atoms with Crippen LogP contribution in [0.15, 0.2) is 78.4 Å². The number of rotatable bonds is 10. The number of ether oxygens (including phenoxy) is 3. The van der Waals surface area contributed by atoms with Crippen LogP contribution in [-0.2, 0) is 22.7 Å². The van der Waals surface area contributed by atoms with Crippen molar-refractivity contribution in [3.63, 3.8) is 0 Å². The highest BCUT2D eigenvalue weighted by Crippen LogP contribution is 2.29. The number of methoxy groups -OCH3 is 1. The molecule has 3 aromatic carbocycles. The van der Waals surface area contributed by atoms with E-state index in [0.717, 1.165) is 16.9 Å². The lowest BCUT2D eigenvalue weighted by Crippen LogP contribution is -2.53. The molecule has 1 fully saturated rings. The molecule has 4 rings (SSSR count). The van der Waals surface area contributed by atoms with Gasteiger partial charge in [-0.25, -0.2) is 4.79 Å². The Bertz CT molecular complexity index is 1320. The normalized spacial score (nSPS) is 14.5. The Hall–Kier alpha value is -4.59. The van der Waals surface area contributed by atoms with Crippen LogP contribution in [-0.4, -0.2) is 36.5 Å². The van der Waals surface area contributed by atoms with Gasteiger partial charge in [-0.2, -0.15) is 0 Å². The summed E-state index contributed by atoms with van der Waals surface area (Å²) in [5.74, 6) is 0.229. The molecule has 3 aromatic rings. The number of hydrogen-bond donors (Lipinski definition) is 1. The number of carbonyl (C=O) groups is 3. The molecule has 0 unspecified atom stereocenters. The first-order chi connectivity index (χ1) is 18.0. The fraction of sp³-hybridized carbons (Fsp3) is 0.207. The Kier molecular flexibility index (Phi) is 8.20. The first kappa shape index (κ1) is 25.5. The SMILES string of the molecule is CCCOc1ccc(CN2C(=O)NC(=O)/C(=C/c3cccc(OCc4ccccc4)c3)C2=O)cc1OC. The van der Waals surface area contributed by atoms with Crippen molar-refractivity contribution in [2.24, 2.45) is 0 Å². The van der Waals surface area contributed by atoms with Gasteiger partial charge in [-0.05, 0) is 53.5 Å². The molecule has 0 radical (unpaired) electrons. The van der Waals surface area contributed by atoms with Crippen molar-refractivity contribution in [3.8, 4) is 17.2 Å². The van der Waals surface area contributed by atoms with Crippen LogP contribution in [0.3, 0.4) is 0 Å². The first-order valence-electron chi connectivity index (χ1n) is 11.9. The van der Waals surface area contributed by atoms with E-state index in [2.05, 4.69) is 5.32 Å². The average Bonchev–Trinajstić information content (AvgIpc) is 2.92. The molecular formula is C29H28N2O6. The van der Waals surface area contributed by atoms with Crippen LogP contribution in [0.25, 0.3) is 6.08 Å². The number of hydrogen-bond acceptors (Lipinski definition) is 6. The Morgan fingerprint density at radius 3 is 2.43 bits per heavy atom. The number of barbiturate groups is 1. The maximum Gasteiger partial charge on any atom is 0.331 e. The summed E-state index contributed by atoms with van der Waals surface area (Å²) in [5.41, 5.74) is 2.12. The molecular weight excluding hydrogens is 472 g/mol. The zero-order valence-corrected chi connectivity index (χ0v) is 20.7. The predicted octanol–water partition coefficient (Wildman–Crippen LogP) is 4.73. The number of amides is 4. The molecule has 0 atom stereocenters. The summed E-state index contributed by atoms with van der Waals surface area (Å²) in [7, 11) is 1.52. The monoisotopic (exact) mass is 500 g/mol. The van der Waals surface area contributed by atoms with Gasteiger partial charge < -0.3 is 14.2 Å². The van der Waals surface area contributed by atoms with Crippen LogP contribution in [0.1, 0.15) is 30.0 Å². The minimum atomic E-state index is -0.780. The second kappa shape index (κ2) is 11.9. The van der Waals surface area contributed by atoms with E-state index in [4.69, 9.17) is 14.2 Å². The van der Waals surface area contributed by atoms with Crippen molar-refractivity contribution >= 4 is 23.9 Å². The lowest BCUT2D eigenvalue weighted by molar-refractivity contribution is -0.130. The molecule has 190 valence electrons. The molecule has 1 heterocycles. The zero-order chi connectivity index (χ0) is 26.2. The molecule has 8 heteroatoms. The van der Waals surface area contributed by atoms with E-state index >= 15 is 0 Å². The standard InChI is InChI=1S/C29H28N2O6/c1-3-14-36-25-13-12-22(17-26(25)35-2)18-31-28(33)24(27(32)30-29(31)34)16-21-10-7-11-23(15-21)37-19-20-8-5-4-6-9-20/h4-13,15-17H,3,14,18-19H2,1-2H3,(H,30,32,34)/b24-16-. The maximum atomic E-state index is 13.2. The largest absolute Gasteiger partial charge is 0.493 e. The number of imide groups is 2. The number of urea groups is 1. The Balaban J connectivity index is 1.51. The Morgan fingerprint density at radius 2 is 1.68 bits per heavy atom. The molecule has 0 aromatic heterocycles. The van der Waals surface area contributed by atoms with Gasteiger partial charge in [-0.15, -0.1) is 0 Å². The van der Waals surface area contributed by atoms with Crippen LogP contribution in [0.4, 0.5) is 4.79 Å². The Labute approximate surface area is 215 Å². The van der Waals surface area contributed by atoms with E-state index < -0.39 is 17.8 Å². The number of nitrogens with one attached hydrogen (secondary N) is 1. The zero-order valence-electron chi connectivity index (χ0n) is 20.7. The topological polar surface area (TPSA) is 94.2 Å². The molecule has 0 spiro atoms. The van der Waals surface area contributed by atoms with Crippen LogP contribution < -0.4 is 19.5 Å². The molecule has 1 aliphatic rings. The molecule has 0 bridgehead atoms. The van der Waals surface area contributed by atoms with Gasteiger partial charge in [-0.1, -0.05) is 55.5 Å². The lowest BCUT2D eigenvalue weighted by Gasteiger charge is -2.26. The summed E-state index contributed by atoms with van der Waals surface area (Å²) < 4.78 is 16.9. The average molecular weight is 501 g/mol. The van der Waals surface area contributed by atoms with E-state index in [1.165, 1.54) is 13.2 Å². The van der Waals surface area contributed by atoms with Gasteiger partial charge in [-0.3, -0.25) is 19.8 Å². The van der Waals surface area contributed by atoms with E-state index in [1.54, 1.807) is 42.5 Å². The van der Waals surface area contributed by atoms with E-state index in [1.807, 2.05) is 37.3 Å². The molecule has 1 saturated heterocycles. The predicted molar refractivity (Wildman–Crippen MR) is 138 cm³/mol. The van der Waals surface area contributed by atoms with E-state index in [9.17, 15) is 14.4 Å².